The van der Waals surface area contributed by atoms with Crippen LogP contribution in [0.15, 0.2) is 24.4 Å². The Balaban J connectivity index is 2.18. The lowest BCUT2D eigenvalue weighted by Crippen LogP contribution is -2.06. The summed E-state index contributed by atoms with van der Waals surface area (Å²) in [5, 5.41) is 14.2. The van der Waals surface area contributed by atoms with E-state index in [1.807, 2.05) is 6.07 Å². The van der Waals surface area contributed by atoms with Crippen LogP contribution in [0.1, 0.15) is 28.4 Å². The molecule has 0 fully saturated rings. The molecule has 0 radical (unpaired) electrons. The predicted molar refractivity (Wildman–Crippen MR) is 72.2 cm³/mol. The lowest BCUT2D eigenvalue weighted by atomic mass is 9.99. The summed E-state index contributed by atoms with van der Waals surface area (Å²) in [5.41, 5.74) is 10.1. The van der Waals surface area contributed by atoms with E-state index in [1.165, 1.54) is 11.1 Å². The van der Waals surface area contributed by atoms with Gasteiger partial charge < -0.3 is 10.8 Å². The molecule has 2 rings (SSSR count). The van der Waals surface area contributed by atoms with Gasteiger partial charge in [-0.3, -0.25) is 4.68 Å². The molecule has 18 heavy (non-hydrogen) atoms. The molecule has 1 aromatic heterocycles. The highest BCUT2D eigenvalue weighted by Crippen LogP contribution is 2.23. The molecule has 1 heterocycles. The zero-order valence-electron chi connectivity index (χ0n) is 11.0. The van der Waals surface area contributed by atoms with Gasteiger partial charge in [0.25, 0.3) is 0 Å². The van der Waals surface area contributed by atoms with Crippen LogP contribution < -0.4 is 5.73 Å². The fraction of sp³-hybridized carbons (Fsp3) is 0.357. The van der Waals surface area contributed by atoms with Crippen molar-refractivity contribution in [3.8, 4) is 0 Å². The van der Waals surface area contributed by atoms with Crippen LogP contribution in [-0.4, -0.2) is 14.9 Å². The smallest absolute Gasteiger partial charge is 0.127 e. The molecule has 2 aromatic rings. The Morgan fingerprint density at radius 2 is 2.06 bits per heavy atom. The third-order valence-electron chi connectivity index (χ3n) is 3.37. The molecule has 0 saturated carbocycles. The molecule has 1 atom stereocenters. The Morgan fingerprint density at radius 3 is 2.61 bits per heavy atom. The van der Waals surface area contributed by atoms with Crippen molar-refractivity contribution < 1.29 is 5.11 Å². The second-order valence-corrected chi connectivity index (χ2v) is 4.75. The summed E-state index contributed by atoms with van der Waals surface area (Å²) >= 11 is 0. The number of aliphatic hydroxyl groups is 1. The number of aliphatic hydroxyl groups excluding tert-OH is 1. The van der Waals surface area contributed by atoms with Crippen molar-refractivity contribution in [2.24, 2.45) is 7.05 Å². The number of aryl methyl sites for hydroxylation is 3. The van der Waals surface area contributed by atoms with Crippen LogP contribution in [0.4, 0.5) is 5.82 Å². The van der Waals surface area contributed by atoms with Crippen molar-refractivity contribution in [2.75, 3.05) is 5.73 Å². The maximum atomic E-state index is 10.2. The van der Waals surface area contributed by atoms with E-state index >= 15 is 0 Å². The van der Waals surface area contributed by atoms with Gasteiger partial charge in [-0.25, -0.2) is 0 Å². The average molecular weight is 245 g/mol. The molecule has 0 aliphatic heterocycles. The van der Waals surface area contributed by atoms with Gasteiger partial charge in [0.1, 0.15) is 5.82 Å². The standard InChI is InChI=1S/C14H19N3O/c1-9-4-5-11(6-10(9)2)7-13(18)12-8-16-17(3)14(12)15/h4-6,8,13,18H,7,15H2,1-3H3. The van der Waals surface area contributed by atoms with Crippen molar-refractivity contribution in [2.45, 2.75) is 26.4 Å². The van der Waals surface area contributed by atoms with Crippen LogP contribution >= 0.6 is 0 Å². The van der Waals surface area contributed by atoms with E-state index in [9.17, 15) is 5.11 Å². The minimum atomic E-state index is -0.610. The van der Waals surface area contributed by atoms with Gasteiger partial charge in [0.15, 0.2) is 0 Å². The molecule has 1 aromatic carbocycles. The van der Waals surface area contributed by atoms with Crippen LogP contribution in [-0.2, 0) is 13.5 Å². The van der Waals surface area contributed by atoms with E-state index < -0.39 is 6.10 Å². The van der Waals surface area contributed by atoms with Crippen LogP contribution in [0.5, 0.6) is 0 Å². The quantitative estimate of drug-likeness (QED) is 0.868. The van der Waals surface area contributed by atoms with E-state index in [-0.39, 0.29) is 0 Å². The number of nitrogens with two attached hydrogens (primary N) is 1. The molecule has 0 aliphatic carbocycles. The van der Waals surface area contributed by atoms with Crippen molar-refractivity contribution >= 4 is 5.82 Å². The van der Waals surface area contributed by atoms with E-state index in [0.29, 0.717) is 17.8 Å². The van der Waals surface area contributed by atoms with Gasteiger partial charge in [-0.2, -0.15) is 5.10 Å². The van der Waals surface area contributed by atoms with Crippen LogP contribution in [0, 0.1) is 13.8 Å². The molecule has 0 saturated heterocycles. The first kappa shape index (κ1) is 12.6. The minimum Gasteiger partial charge on any atom is -0.388 e. The molecule has 1 unspecified atom stereocenters. The molecule has 0 amide bonds. The summed E-state index contributed by atoms with van der Waals surface area (Å²) in [6.45, 7) is 4.15. The molecule has 0 aliphatic rings. The Labute approximate surface area is 107 Å². The Hall–Kier alpha value is -1.81. The second kappa shape index (κ2) is 4.82. The highest BCUT2D eigenvalue weighted by molar-refractivity contribution is 5.41. The summed E-state index contributed by atoms with van der Waals surface area (Å²) in [7, 11) is 1.77. The first-order valence-corrected chi connectivity index (χ1v) is 6.00. The molecule has 4 heteroatoms. The van der Waals surface area contributed by atoms with Crippen molar-refractivity contribution in [1.29, 1.82) is 0 Å². The molecule has 3 N–H and O–H groups in total. The molecular weight excluding hydrogens is 226 g/mol. The number of hydrogen-bond acceptors (Lipinski definition) is 3. The molecule has 96 valence electrons. The number of rotatable bonds is 3. The average Bonchev–Trinajstić information content (AvgIpc) is 2.65. The third kappa shape index (κ3) is 2.38. The number of aromatic nitrogens is 2. The maximum Gasteiger partial charge on any atom is 0.127 e. The SMILES string of the molecule is Cc1ccc(CC(O)c2cnn(C)c2N)cc1C. The summed E-state index contributed by atoms with van der Waals surface area (Å²) < 4.78 is 1.57. The van der Waals surface area contributed by atoms with Crippen molar-refractivity contribution in [3.63, 3.8) is 0 Å². The Bertz CT molecular complexity index is 560. The third-order valence-corrected chi connectivity index (χ3v) is 3.37. The number of anilines is 1. The topological polar surface area (TPSA) is 64.1 Å². The number of nitrogens with zero attached hydrogens (tertiary/aromatic N) is 2. The molecular formula is C14H19N3O. The normalized spacial score (nSPS) is 12.7. The lowest BCUT2D eigenvalue weighted by molar-refractivity contribution is 0.179. The predicted octanol–water partition coefficient (Wildman–Crippen LogP) is 1.90. The van der Waals surface area contributed by atoms with Gasteiger partial charge in [0.05, 0.1) is 12.3 Å². The lowest BCUT2D eigenvalue weighted by Gasteiger charge is -2.11. The highest BCUT2D eigenvalue weighted by Gasteiger charge is 2.15. The first-order valence-electron chi connectivity index (χ1n) is 6.00. The van der Waals surface area contributed by atoms with E-state index in [1.54, 1.807) is 17.9 Å². The van der Waals surface area contributed by atoms with Crippen molar-refractivity contribution in [1.82, 2.24) is 9.78 Å². The first-order chi connectivity index (χ1) is 8.49. The Morgan fingerprint density at radius 1 is 1.33 bits per heavy atom. The second-order valence-electron chi connectivity index (χ2n) is 4.75. The van der Waals surface area contributed by atoms with Gasteiger partial charge in [0.2, 0.25) is 0 Å². The maximum absolute atomic E-state index is 10.2. The number of nitrogen functional groups attached to an aromatic ring is 1. The zero-order valence-corrected chi connectivity index (χ0v) is 11.0. The number of hydrogen-bond donors (Lipinski definition) is 2. The fourth-order valence-corrected chi connectivity index (χ4v) is 1.98. The van der Waals surface area contributed by atoms with Gasteiger partial charge >= 0.3 is 0 Å². The number of benzene rings is 1. The Kier molecular flexibility index (Phi) is 3.39. The summed E-state index contributed by atoms with van der Waals surface area (Å²) in [5.74, 6) is 0.520. The largest absolute Gasteiger partial charge is 0.388 e. The highest BCUT2D eigenvalue weighted by atomic mass is 16.3. The molecule has 4 nitrogen and oxygen atoms in total. The van der Waals surface area contributed by atoms with Crippen molar-refractivity contribution in [3.05, 3.63) is 46.6 Å². The minimum absolute atomic E-state index is 0.520. The fourth-order valence-electron chi connectivity index (χ4n) is 1.98. The summed E-state index contributed by atoms with van der Waals surface area (Å²) in [4.78, 5) is 0. The van der Waals surface area contributed by atoms with Crippen LogP contribution in [0.3, 0.4) is 0 Å². The van der Waals surface area contributed by atoms with Crippen LogP contribution in [0.25, 0.3) is 0 Å². The molecule has 0 bridgehead atoms. The van der Waals surface area contributed by atoms with Crippen LogP contribution in [0.2, 0.25) is 0 Å². The van der Waals surface area contributed by atoms with Gasteiger partial charge in [-0.05, 0) is 30.5 Å². The van der Waals surface area contributed by atoms with E-state index in [0.717, 1.165) is 5.56 Å². The van der Waals surface area contributed by atoms with E-state index in [4.69, 9.17) is 5.73 Å². The monoisotopic (exact) mass is 245 g/mol. The van der Waals surface area contributed by atoms with Gasteiger partial charge in [0, 0.05) is 19.0 Å². The molecule has 0 spiro atoms. The van der Waals surface area contributed by atoms with Gasteiger partial charge in [-0.15, -0.1) is 0 Å². The zero-order chi connectivity index (χ0) is 13.3. The summed E-state index contributed by atoms with van der Waals surface area (Å²) in [6.07, 6.45) is 1.57. The van der Waals surface area contributed by atoms with E-state index in [2.05, 4.69) is 31.1 Å². The summed E-state index contributed by atoms with van der Waals surface area (Å²) in [6, 6.07) is 6.22. The van der Waals surface area contributed by atoms with Gasteiger partial charge in [-0.1, -0.05) is 18.2 Å².